The van der Waals surface area contributed by atoms with Crippen molar-refractivity contribution < 1.29 is 18.7 Å². The number of halogens is 1. The number of carbonyl (C=O) groups excluding carboxylic acids is 2. The highest BCUT2D eigenvalue weighted by Gasteiger charge is 2.44. The van der Waals surface area contributed by atoms with E-state index in [1.807, 2.05) is 31.2 Å². The van der Waals surface area contributed by atoms with Gasteiger partial charge in [0.15, 0.2) is 21.7 Å². The number of ketones is 1. The van der Waals surface area contributed by atoms with Crippen molar-refractivity contribution in [3.8, 4) is 0 Å². The van der Waals surface area contributed by atoms with Crippen LogP contribution in [0.3, 0.4) is 0 Å². The number of imidazole rings is 1. The van der Waals surface area contributed by atoms with Crippen LogP contribution in [0.2, 0.25) is 5.02 Å². The first-order valence-corrected chi connectivity index (χ1v) is 12.7. The molecule has 0 bridgehead atoms. The molecule has 36 heavy (non-hydrogen) atoms. The van der Waals surface area contributed by atoms with Gasteiger partial charge in [-0.05, 0) is 55.4 Å². The van der Waals surface area contributed by atoms with Gasteiger partial charge in [-0.1, -0.05) is 11.6 Å². The van der Waals surface area contributed by atoms with Crippen LogP contribution in [0.5, 0.6) is 0 Å². The van der Waals surface area contributed by atoms with Gasteiger partial charge in [0.05, 0.1) is 41.7 Å². The summed E-state index contributed by atoms with van der Waals surface area (Å²) in [5.41, 5.74) is 4.83. The van der Waals surface area contributed by atoms with E-state index in [4.69, 9.17) is 25.7 Å². The third-order valence-electron chi connectivity index (χ3n) is 6.44. The Kier molecular flexibility index (Phi) is 5.74. The van der Waals surface area contributed by atoms with Crippen LogP contribution in [0.25, 0.3) is 11.0 Å². The van der Waals surface area contributed by atoms with Crippen LogP contribution < -0.4 is 5.32 Å². The van der Waals surface area contributed by atoms with Gasteiger partial charge >= 0.3 is 5.97 Å². The van der Waals surface area contributed by atoms with Crippen molar-refractivity contribution in [2.24, 2.45) is 10.9 Å². The van der Waals surface area contributed by atoms with Crippen LogP contribution in [0.15, 0.2) is 50.1 Å². The number of aliphatic imine (C=N–C) groups is 1. The summed E-state index contributed by atoms with van der Waals surface area (Å²) in [6, 6.07) is 7.53. The summed E-state index contributed by atoms with van der Waals surface area (Å²) >= 11 is 7.59. The van der Waals surface area contributed by atoms with Crippen molar-refractivity contribution in [1.29, 1.82) is 0 Å². The first kappa shape index (κ1) is 23.1. The van der Waals surface area contributed by atoms with Crippen LogP contribution >= 0.6 is 23.4 Å². The number of benzene rings is 1. The van der Waals surface area contributed by atoms with Gasteiger partial charge in [-0.3, -0.25) is 9.79 Å². The molecular weight excluding hydrogens is 502 g/mol. The minimum atomic E-state index is -0.480. The molecule has 0 amide bonds. The van der Waals surface area contributed by atoms with Crippen molar-refractivity contribution in [2.75, 3.05) is 19.7 Å². The van der Waals surface area contributed by atoms with Gasteiger partial charge in [0, 0.05) is 29.0 Å². The van der Waals surface area contributed by atoms with E-state index in [0.29, 0.717) is 39.0 Å². The SMILES string of the molecule is CCOC(=O)c1[nH]cc2c1N=C1CNCC(=O)C1C2c1ccc(Sc2nc3cc(Cl)c(C)cc3[nH]2)o1. The molecule has 9 nitrogen and oxygen atoms in total. The van der Waals surface area contributed by atoms with E-state index in [0.717, 1.165) is 22.2 Å². The summed E-state index contributed by atoms with van der Waals surface area (Å²) in [7, 11) is 0. The monoisotopic (exact) mass is 523 g/mol. The number of fused-ring (bicyclic) bond motifs is 3. The van der Waals surface area contributed by atoms with Crippen LogP contribution in [-0.4, -0.2) is 52.1 Å². The Morgan fingerprint density at radius 3 is 2.97 bits per heavy atom. The molecule has 2 aliphatic rings. The fourth-order valence-corrected chi connectivity index (χ4v) is 5.74. The van der Waals surface area contributed by atoms with Crippen molar-refractivity contribution in [3.63, 3.8) is 0 Å². The maximum absolute atomic E-state index is 13.0. The van der Waals surface area contributed by atoms with Crippen molar-refractivity contribution >= 4 is 57.5 Å². The van der Waals surface area contributed by atoms with Crippen molar-refractivity contribution in [1.82, 2.24) is 20.3 Å². The number of rotatable bonds is 5. The summed E-state index contributed by atoms with van der Waals surface area (Å²) in [6.45, 7) is 4.67. The molecule has 1 aromatic carbocycles. The lowest BCUT2D eigenvalue weighted by Crippen LogP contribution is -2.48. The number of aromatic amines is 2. The molecule has 2 aliphatic heterocycles. The van der Waals surface area contributed by atoms with Gasteiger partial charge in [-0.2, -0.15) is 0 Å². The lowest BCUT2D eigenvalue weighted by atomic mass is 9.75. The normalized spacial score (nSPS) is 19.2. The number of nitrogens with one attached hydrogen (secondary N) is 3. The number of esters is 1. The van der Waals surface area contributed by atoms with Gasteiger partial charge in [0.2, 0.25) is 0 Å². The second-order valence-corrected chi connectivity index (χ2v) is 10.1. The molecule has 0 aliphatic carbocycles. The standard InChI is InChI=1S/C25H22ClN5O4S/c1-3-34-24(33)23-22-12(8-28-23)20(21-16(29-22)9-27-10-17(21)32)18-4-5-19(35-18)36-25-30-14-6-11(2)13(26)7-15(14)31-25/h4-8,20-21,27-28H,3,9-10H2,1-2H3,(H,30,31). The van der Waals surface area contributed by atoms with Crippen LogP contribution in [0, 0.1) is 12.8 Å². The Hall–Kier alpha value is -3.34. The zero-order chi connectivity index (χ0) is 25.0. The number of piperidine rings is 1. The number of ether oxygens (including phenoxy) is 1. The van der Waals surface area contributed by atoms with Gasteiger partial charge in [-0.25, -0.2) is 9.78 Å². The molecule has 5 heterocycles. The lowest BCUT2D eigenvalue weighted by Gasteiger charge is -2.33. The highest BCUT2D eigenvalue weighted by atomic mass is 35.5. The molecule has 4 aromatic rings. The summed E-state index contributed by atoms with van der Waals surface area (Å²) < 4.78 is 11.5. The molecule has 2 unspecified atom stereocenters. The molecule has 1 saturated heterocycles. The molecular formula is C25H22ClN5O4S. The highest BCUT2D eigenvalue weighted by Crippen LogP contribution is 2.46. The predicted octanol–water partition coefficient (Wildman–Crippen LogP) is 4.78. The number of H-pyrrole nitrogens is 2. The minimum absolute atomic E-state index is 0.0321. The van der Waals surface area contributed by atoms with Crippen molar-refractivity contribution in [2.45, 2.75) is 30.0 Å². The average Bonchev–Trinajstić information content (AvgIpc) is 3.57. The van der Waals surface area contributed by atoms with E-state index in [1.54, 1.807) is 13.1 Å². The van der Waals surface area contributed by atoms with E-state index < -0.39 is 17.8 Å². The molecule has 3 aromatic heterocycles. The van der Waals surface area contributed by atoms with E-state index in [9.17, 15) is 9.59 Å². The van der Waals surface area contributed by atoms with E-state index in [-0.39, 0.29) is 24.6 Å². The number of nitrogens with zero attached hydrogens (tertiary/aromatic N) is 2. The molecule has 6 rings (SSSR count). The number of hydrogen-bond acceptors (Lipinski definition) is 8. The third-order valence-corrected chi connectivity index (χ3v) is 7.66. The second-order valence-electron chi connectivity index (χ2n) is 8.74. The quantitative estimate of drug-likeness (QED) is 0.321. The van der Waals surface area contributed by atoms with E-state index in [2.05, 4.69) is 20.3 Å². The molecule has 0 radical (unpaired) electrons. The zero-order valence-electron chi connectivity index (χ0n) is 19.5. The van der Waals surface area contributed by atoms with E-state index in [1.165, 1.54) is 11.8 Å². The smallest absolute Gasteiger partial charge is 0.357 e. The van der Waals surface area contributed by atoms with Gasteiger partial charge in [0.1, 0.15) is 5.76 Å². The fraction of sp³-hybridized carbons (Fsp3) is 0.280. The van der Waals surface area contributed by atoms with Crippen molar-refractivity contribution in [3.05, 3.63) is 58.1 Å². The Labute approximate surface area is 215 Å². The third kappa shape index (κ3) is 3.85. The summed E-state index contributed by atoms with van der Waals surface area (Å²) in [5.74, 6) is -0.704. The molecule has 0 saturated carbocycles. The largest absolute Gasteiger partial charge is 0.461 e. The molecule has 1 fully saturated rings. The molecule has 0 spiro atoms. The summed E-state index contributed by atoms with van der Waals surface area (Å²) in [6.07, 6.45) is 1.72. The minimum Gasteiger partial charge on any atom is -0.461 e. The first-order chi connectivity index (χ1) is 17.4. The Morgan fingerprint density at radius 2 is 2.14 bits per heavy atom. The summed E-state index contributed by atoms with van der Waals surface area (Å²) in [5, 5.41) is 5.06. The predicted molar refractivity (Wildman–Crippen MR) is 136 cm³/mol. The van der Waals surface area contributed by atoms with Gasteiger partial charge < -0.3 is 24.4 Å². The first-order valence-electron chi connectivity index (χ1n) is 11.6. The Morgan fingerprint density at radius 1 is 1.28 bits per heavy atom. The highest BCUT2D eigenvalue weighted by molar-refractivity contribution is 7.99. The second kappa shape index (κ2) is 8.95. The number of carbonyl (C=O) groups is 2. The number of Topliss-reactive ketones (excluding diaryl/α,β-unsaturated/α-hetero) is 1. The number of aryl methyl sites for hydroxylation is 1. The Balaban J connectivity index is 1.36. The van der Waals surface area contributed by atoms with Crippen LogP contribution in [0.4, 0.5) is 5.69 Å². The topological polar surface area (TPSA) is 125 Å². The lowest BCUT2D eigenvalue weighted by molar-refractivity contribution is -0.121. The van der Waals surface area contributed by atoms with Gasteiger partial charge in [0.25, 0.3) is 0 Å². The molecule has 2 atom stereocenters. The van der Waals surface area contributed by atoms with Gasteiger partial charge in [-0.15, -0.1) is 0 Å². The number of furan rings is 1. The zero-order valence-corrected chi connectivity index (χ0v) is 21.0. The Bertz CT molecular complexity index is 1510. The summed E-state index contributed by atoms with van der Waals surface area (Å²) in [4.78, 5) is 41.1. The fourth-order valence-electron chi connectivity index (χ4n) is 4.81. The maximum atomic E-state index is 13.0. The van der Waals surface area contributed by atoms with E-state index >= 15 is 0 Å². The maximum Gasteiger partial charge on any atom is 0.357 e. The molecule has 11 heteroatoms. The average molecular weight is 524 g/mol. The van der Waals surface area contributed by atoms with Crippen LogP contribution in [-0.2, 0) is 9.53 Å². The number of hydrogen-bond donors (Lipinski definition) is 3. The molecule has 184 valence electrons. The molecule has 3 N–H and O–H groups in total. The number of aromatic nitrogens is 3. The van der Waals surface area contributed by atoms with Crippen LogP contribution in [0.1, 0.15) is 40.2 Å².